The number of hydrogen-bond acceptors (Lipinski definition) is 6. The molecule has 0 spiro atoms. The highest BCUT2D eigenvalue weighted by Gasteiger charge is 2.34. The van der Waals surface area contributed by atoms with Gasteiger partial charge >= 0.3 is 6.03 Å². The second-order valence-electron chi connectivity index (χ2n) is 9.39. The number of carbonyl (C=O) groups is 2. The molecule has 0 atom stereocenters. The van der Waals surface area contributed by atoms with Gasteiger partial charge in [-0.05, 0) is 50.5 Å². The van der Waals surface area contributed by atoms with Crippen LogP contribution in [0.3, 0.4) is 0 Å². The standard InChI is InChI=1S/C29H27F2N7O2/c1-37(2)15-14-32-28-35-24(18-8-6-9-19(16-18)27(39)34-20-10-4-3-5-11-20)21-17-33-29(40)38(26(21)36-28)25-22(30)12-7-13-23(25)31/h3-13,16H,14-15,17H2,1-2H3,(H,33,40)(H,34,39)(H,32,35,36). The van der Waals surface area contributed by atoms with E-state index in [-0.39, 0.29) is 24.2 Å². The zero-order valence-electron chi connectivity index (χ0n) is 21.9. The predicted octanol–water partition coefficient (Wildman–Crippen LogP) is 5.01. The zero-order valence-corrected chi connectivity index (χ0v) is 21.9. The number of nitrogens with zero attached hydrogens (tertiary/aromatic N) is 4. The largest absolute Gasteiger partial charge is 0.353 e. The molecule has 3 aromatic carbocycles. The Morgan fingerprint density at radius 1 is 1.00 bits per heavy atom. The molecule has 0 unspecified atom stereocenters. The smallest absolute Gasteiger partial charge is 0.328 e. The molecule has 0 fully saturated rings. The molecule has 204 valence electrons. The summed E-state index contributed by atoms with van der Waals surface area (Å²) >= 11 is 0. The molecule has 3 N–H and O–H groups in total. The van der Waals surface area contributed by atoms with Crippen LogP contribution in [0.4, 0.5) is 36.7 Å². The van der Waals surface area contributed by atoms with E-state index in [9.17, 15) is 18.4 Å². The van der Waals surface area contributed by atoms with Gasteiger partial charge in [0.1, 0.15) is 17.3 Å². The molecule has 0 saturated heterocycles. The summed E-state index contributed by atoms with van der Waals surface area (Å²) in [6.07, 6.45) is 0. The Kier molecular flexibility index (Phi) is 7.65. The van der Waals surface area contributed by atoms with Crippen LogP contribution < -0.4 is 20.9 Å². The first kappa shape index (κ1) is 26.7. The highest BCUT2D eigenvalue weighted by Crippen LogP contribution is 2.38. The number of aromatic nitrogens is 2. The maximum absolute atomic E-state index is 14.9. The quantitative estimate of drug-likeness (QED) is 0.289. The van der Waals surface area contributed by atoms with Gasteiger partial charge in [-0.1, -0.05) is 36.4 Å². The fourth-order valence-electron chi connectivity index (χ4n) is 4.31. The van der Waals surface area contributed by atoms with Gasteiger partial charge in [-0.15, -0.1) is 0 Å². The molecule has 4 aromatic rings. The maximum Gasteiger partial charge on any atom is 0.328 e. The molecule has 11 heteroatoms. The fourth-order valence-corrected chi connectivity index (χ4v) is 4.31. The zero-order chi connectivity index (χ0) is 28.2. The van der Waals surface area contributed by atoms with Crippen molar-refractivity contribution in [2.75, 3.05) is 42.7 Å². The number of halogens is 2. The molecule has 0 saturated carbocycles. The van der Waals surface area contributed by atoms with Gasteiger partial charge in [0.2, 0.25) is 5.95 Å². The summed E-state index contributed by atoms with van der Waals surface area (Å²) in [6.45, 7) is 1.16. The average molecular weight is 544 g/mol. The first-order valence-corrected chi connectivity index (χ1v) is 12.6. The SMILES string of the molecule is CN(C)CCNc1nc(-c2cccc(C(=O)Nc3ccccc3)c2)c2c(n1)N(c1c(F)cccc1F)C(=O)NC2. The number of nitrogens with one attached hydrogen (secondary N) is 3. The van der Waals surface area contributed by atoms with Crippen molar-refractivity contribution < 1.29 is 18.4 Å². The Balaban J connectivity index is 1.61. The van der Waals surface area contributed by atoms with E-state index in [1.54, 1.807) is 36.4 Å². The molecular formula is C29H27F2N7O2. The van der Waals surface area contributed by atoms with E-state index in [4.69, 9.17) is 4.98 Å². The summed E-state index contributed by atoms with van der Waals surface area (Å²) in [5.41, 5.74) is 1.91. The van der Waals surface area contributed by atoms with Crippen molar-refractivity contribution in [2.24, 2.45) is 0 Å². The van der Waals surface area contributed by atoms with Crippen molar-refractivity contribution in [2.45, 2.75) is 6.54 Å². The maximum atomic E-state index is 14.9. The molecule has 0 bridgehead atoms. The van der Waals surface area contributed by atoms with Gasteiger partial charge in [-0.3, -0.25) is 4.79 Å². The van der Waals surface area contributed by atoms with Gasteiger partial charge in [-0.2, -0.15) is 4.98 Å². The van der Waals surface area contributed by atoms with Crippen LogP contribution in [0.15, 0.2) is 72.8 Å². The summed E-state index contributed by atoms with van der Waals surface area (Å²) < 4.78 is 29.7. The van der Waals surface area contributed by atoms with Crippen LogP contribution in [-0.2, 0) is 6.54 Å². The number of urea groups is 1. The van der Waals surface area contributed by atoms with Crippen LogP contribution in [0, 0.1) is 11.6 Å². The highest BCUT2D eigenvalue weighted by molar-refractivity contribution is 6.05. The van der Waals surface area contributed by atoms with Gasteiger partial charge in [0.25, 0.3) is 5.91 Å². The molecule has 0 radical (unpaired) electrons. The Morgan fingerprint density at radius 2 is 1.73 bits per heavy atom. The van der Waals surface area contributed by atoms with Crippen molar-refractivity contribution in [3.05, 3.63) is 95.6 Å². The molecule has 5 rings (SSSR count). The molecule has 0 aliphatic carbocycles. The summed E-state index contributed by atoms with van der Waals surface area (Å²) in [4.78, 5) is 38.1. The monoisotopic (exact) mass is 543 g/mol. The van der Waals surface area contributed by atoms with Crippen molar-refractivity contribution in [1.29, 1.82) is 0 Å². The molecule has 2 heterocycles. The lowest BCUT2D eigenvalue weighted by Gasteiger charge is -2.30. The minimum Gasteiger partial charge on any atom is -0.353 e. The van der Waals surface area contributed by atoms with E-state index in [2.05, 4.69) is 20.9 Å². The van der Waals surface area contributed by atoms with Gasteiger partial charge in [-0.25, -0.2) is 23.5 Å². The Hall–Kier alpha value is -4.90. The van der Waals surface area contributed by atoms with E-state index in [0.717, 1.165) is 17.0 Å². The number of fused-ring (bicyclic) bond motifs is 1. The van der Waals surface area contributed by atoms with Crippen molar-refractivity contribution in [1.82, 2.24) is 20.2 Å². The van der Waals surface area contributed by atoms with Crippen LogP contribution >= 0.6 is 0 Å². The number of benzene rings is 3. The van der Waals surface area contributed by atoms with Crippen LogP contribution in [0.25, 0.3) is 11.3 Å². The van der Waals surface area contributed by atoms with Gasteiger partial charge in [0.15, 0.2) is 5.82 Å². The van der Waals surface area contributed by atoms with E-state index >= 15 is 0 Å². The Bertz CT molecular complexity index is 1540. The minimum absolute atomic E-state index is 0.0223. The first-order chi connectivity index (χ1) is 19.3. The molecule has 40 heavy (non-hydrogen) atoms. The Labute approximate surface area is 229 Å². The lowest BCUT2D eigenvalue weighted by molar-refractivity contribution is 0.102. The highest BCUT2D eigenvalue weighted by atomic mass is 19.1. The summed E-state index contributed by atoms with van der Waals surface area (Å²) in [5.74, 6) is -1.92. The summed E-state index contributed by atoms with van der Waals surface area (Å²) in [7, 11) is 3.83. The number of carbonyl (C=O) groups excluding carboxylic acids is 2. The van der Waals surface area contributed by atoms with Crippen molar-refractivity contribution >= 4 is 35.1 Å². The number of rotatable bonds is 8. The number of anilines is 4. The lowest BCUT2D eigenvalue weighted by Crippen LogP contribution is -2.43. The number of hydrogen-bond donors (Lipinski definition) is 3. The molecule has 1 aromatic heterocycles. The topological polar surface area (TPSA) is 102 Å². The van der Waals surface area contributed by atoms with Crippen LogP contribution in [0.5, 0.6) is 0 Å². The lowest BCUT2D eigenvalue weighted by atomic mass is 10.0. The third kappa shape index (κ3) is 5.59. The van der Waals surface area contributed by atoms with E-state index in [0.29, 0.717) is 41.2 Å². The third-order valence-corrected chi connectivity index (χ3v) is 6.25. The molecule has 1 aliphatic rings. The number of para-hydroxylation sites is 2. The van der Waals surface area contributed by atoms with Crippen LogP contribution in [0.2, 0.25) is 0 Å². The third-order valence-electron chi connectivity index (χ3n) is 6.25. The fraction of sp³-hybridized carbons (Fsp3) is 0.172. The predicted molar refractivity (Wildman–Crippen MR) is 150 cm³/mol. The second-order valence-corrected chi connectivity index (χ2v) is 9.39. The summed E-state index contributed by atoms with van der Waals surface area (Å²) in [5, 5.41) is 8.66. The summed E-state index contributed by atoms with van der Waals surface area (Å²) in [6, 6.07) is 18.6. The molecule has 1 aliphatic heterocycles. The number of likely N-dealkylation sites (N-methyl/N-ethyl adjacent to an activating group) is 1. The normalized spacial score (nSPS) is 12.6. The molecular weight excluding hydrogens is 516 g/mol. The minimum atomic E-state index is -0.912. The van der Waals surface area contributed by atoms with Gasteiger partial charge in [0.05, 0.1) is 12.2 Å². The molecule has 9 nitrogen and oxygen atoms in total. The second kappa shape index (κ2) is 11.5. The van der Waals surface area contributed by atoms with E-state index in [1.165, 1.54) is 6.07 Å². The van der Waals surface area contributed by atoms with Crippen molar-refractivity contribution in [3.8, 4) is 11.3 Å². The van der Waals surface area contributed by atoms with Gasteiger partial charge in [0, 0.05) is 35.5 Å². The average Bonchev–Trinajstić information content (AvgIpc) is 2.94. The van der Waals surface area contributed by atoms with Crippen LogP contribution in [0.1, 0.15) is 15.9 Å². The molecule has 3 amide bonds. The van der Waals surface area contributed by atoms with Gasteiger partial charge < -0.3 is 20.9 Å². The first-order valence-electron chi connectivity index (χ1n) is 12.6. The van der Waals surface area contributed by atoms with E-state index in [1.807, 2.05) is 37.2 Å². The Morgan fingerprint density at radius 3 is 2.45 bits per heavy atom. The van der Waals surface area contributed by atoms with E-state index < -0.39 is 23.4 Å². The number of amides is 3. The van der Waals surface area contributed by atoms with Crippen molar-refractivity contribution in [3.63, 3.8) is 0 Å². The van der Waals surface area contributed by atoms with Crippen LogP contribution in [-0.4, -0.2) is 54.0 Å².